The number of amides is 1. The number of rotatable bonds is 7. The van der Waals surface area contributed by atoms with Crippen LogP contribution in [0.5, 0.6) is 0 Å². The minimum absolute atomic E-state index is 0.263. The number of nitrogens with zero attached hydrogens (tertiary/aromatic N) is 1. The molecule has 3 nitrogen and oxygen atoms in total. The molecule has 4 aliphatic rings. The van der Waals surface area contributed by atoms with E-state index in [2.05, 4.69) is 70.9 Å². The van der Waals surface area contributed by atoms with Gasteiger partial charge in [-0.2, -0.15) is 0 Å². The molecule has 2 aromatic carbocycles. The van der Waals surface area contributed by atoms with Crippen molar-refractivity contribution in [1.82, 2.24) is 10.2 Å². The molecule has 0 bridgehead atoms. The van der Waals surface area contributed by atoms with E-state index in [0.717, 1.165) is 19.5 Å². The first kappa shape index (κ1) is 25.2. The minimum atomic E-state index is 0.263. The topological polar surface area (TPSA) is 32.3 Å². The molecule has 0 radical (unpaired) electrons. The molecule has 1 amide bonds. The highest BCUT2D eigenvalue weighted by Crippen LogP contribution is 2.44. The number of carbonyl (C=O) groups excluding carboxylic acids is 1. The van der Waals surface area contributed by atoms with Crippen molar-refractivity contribution in [3.8, 4) is 0 Å². The van der Waals surface area contributed by atoms with Gasteiger partial charge in [-0.3, -0.25) is 9.69 Å². The minimum Gasteiger partial charge on any atom is -0.353 e. The highest BCUT2D eigenvalue weighted by atomic mass is 16.2. The molecular formula is C34H46N2O. The van der Waals surface area contributed by atoms with Crippen LogP contribution in [0.3, 0.4) is 0 Å². The molecule has 1 heterocycles. The number of nitrogens with one attached hydrogen (secondary N) is 1. The number of hydrogen-bond acceptors (Lipinski definition) is 2. The summed E-state index contributed by atoms with van der Waals surface area (Å²) in [7, 11) is 0. The lowest BCUT2D eigenvalue weighted by Gasteiger charge is -2.38. The molecule has 3 heteroatoms. The quantitative estimate of drug-likeness (QED) is 0.432. The van der Waals surface area contributed by atoms with Crippen LogP contribution in [0.4, 0.5) is 0 Å². The summed E-state index contributed by atoms with van der Waals surface area (Å²) in [5.74, 6) is 3.20. The Kier molecular flexibility index (Phi) is 7.97. The lowest BCUT2D eigenvalue weighted by Crippen LogP contribution is -2.47. The summed E-state index contributed by atoms with van der Waals surface area (Å²) in [6.07, 6.45) is 15.5. The fourth-order valence-corrected chi connectivity index (χ4v) is 8.65. The zero-order chi connectivity index (χ0) is 25.0. The highest BCUT2D eigenvalue weighted by Gasteiger charge is 2.46. The zero-order valence-electron chi connectivity index (χ0n) is 22.6. The molecule has 1 saturated heterocycles. The first-order valence-electron chi connectivity index (χ1n) is 15.4. The van der Waals surface area contributed by atoms with Crippen molar-refractivity contribution in [2.45, 2.75) is 89.1 Å². The molecule has 4 fully saturated rings. The smallest absolute Gasteiger partial charge is 0.223 e. The zero-order valence-corrected chi connectivity index (χ0v) is 22.6. The summed E-state index contributed by atoms with van der Waals surface area (Å²) in [6.45, 7) is 2.22. The lowest BCUT2D eigenvalue weighted by atomic mass is 9.69. The molecule has 0 spiro atoms. The van der Waals surface area contributed by atoms with E-state index < -0.39 is 0 Å². The monoisotopic (exact) mass is 498 g/mol. The van der Waals surface area contributed by atoms with Crippen molar-refractivity contribution in [1.29, 1.82) is 0 Å². The van der Waals surface area contributed by atoms with Crippen molar-refractivity contribution >= 4 is 5.91 Å². The second-order valence-corrected chi connectivity index (χ2v) is 12.6. The van der Waals surface area contributed by atoms with Crippen LogP contribution in [-0.4, -0.2) is 29.9 Å². The number of likely N-dealkylation sites (tertiary alicyclic amines) is 1. The lowest BCUT2D eigenvalue weighted by molar-refractivity contribution is -0.131. The van der Waals surface area contributed by atoms with Gasteiger partial charge in [0, 0.05) is 25.0 Å². The van der Waals surface area contributed by atoms with Gasteiger partial charge in [0.15, 0.2) is 0 Å². The second-order valence-electron chi connectivity index (χ2n) is 12.6. The van der Waals surface area contributed by atoms with Crippen molar-refractivity contribution in [2.24, 2.45) is 29.6 Å². The van der Waals surface area contributed by atoms with E-state index in [1.54, 1.807) is 0 Å². The summed E-state index contributed by atoms with van der Waals surface area (Å²) in [5, 5.41) is 3.72. The maximum atomic E-state index is 14.0. The van der Waals surface area contributed by atoms with Gasteiger partial charge in [0.05, 0.1) is 6.04 Å². The standard InChI is InChI=1S/C34H46N2O/c37-34(32(25-13-5-1-6-14-25)26-15-7-2-8-16-26)35-31-22-21-29-23-36(24-30(29)31)33(27-17-9-3-10-18-27)28-19-11-4-12-20-28/h3-4,9-12,17-20,25-26,29-33H,1-2,5-8,13-16,21-24H2,(H,35,37)/t29-,30?,31?/m0/s1. The number of carbonyl (C=O) groups is 1. The Balaban J connectivity index is 1.17. The van der Waals surface area contributed by atoms with Crippen LogP contribution in [0, 0.1) is 29.6 Å². The Labute approximate surface area is 224 Å². The van der Waals surface area contributed by atoms with Gasteiger partial charge in [-0.15, -0.1) is 0 Å². The Hall–Kier alpha value is -2.13. The molecule has 3 atom stereocenters. The van der Waals surface area contributed by atoms with E-state index in [-0.39, 0.29) is 5.92 Å². The van der Waals surface area contributed by atoms with Crippen LogP contribution >= 0.6 is 0 Å². The largest absolute Gasteiger partial charge is 0.353 e. The van der Waals surface area contributed by atoms with Gasteiger partial charge >= 0.3 is 0 Å². The molecule has 3 aliphatic carbocycles. The normalized spacial score (nSPS) is 27.6. The average Bonchev–Trinajstić information content (AvgIpc) is 3.53. The Morgan fingerprint density at radius 1 is 0.676 bits per heavy atom. The Morgan fingerprint density at radius 3 is 1.76 bits per heavy atom. The van der Waals surface area contributed by atoms with E-state index in [4.69, 9.17) is 0 Å². The van der Waals surface area contributed by atoms with Gasteiger partial charge < -0.3 is 5.32 Å². The summed E-state index contributed by atoms with van der Waals surface area (Å²) in [4.78, 5) is 16.7. The average molecular weight is 499 g/mol. The highest BCUT2D eigenvalue weighted by molar-refractivity contribution is 5.79. The summed E-state index contributed by atoms with van der Waals surface area (Å²) < 4.78 is 0. The van der Waals surface area contributed by atoms with Crippen molar-refractivity contribution in [2.75, 3.05) is 13.1 Å². The van der Waals surface area contributed by atoms with Crippen molar-refractivity contribution in [3.05, 3.63) is 71.8 Å². The Morgan fingerprint density at radius 2 is 1.22 bits per heavy atom. The maximum Gasteiger partial charge on any atom is 0.223 e. The van der Waals surface area contributed by atoms with Crippen LogP contribution in [0.15, 0.2) is 60.7 Å². The third-order valence-corrected chi connectivity index (χ3v) is 10.4. The van der Waals surface area contributed by atoms with Crippen molar-refractivity contribution in [3.63, 3.8) is 0 Å². The number of benzene rings is 2. The van der Waals surface area contributed by atoms with E-state index in [1.165, 1.54) is 81.8 Å². The summed E-state index contributed by atoms with van der Waals surface area (Å²) in [5.41, 5.74) is 2.76. The maximum absolute atomic E-state index is 14.0. The van der Waals surface area contributed by atoms with Crippen LogP contribution in [-0.2, 0) is 4.79 Å². The number of fused-ring (bicyclic) bond motifs is 1. The van der Waals surface area contributed by atoms with Gasteiger partial charge in [0.1, 0.15) is 0 Å². The van der Waals surface area contributed by atoms with Crippen LogP contribution in [0.2, 0.25) is 0 Å². The van der Waals surface area contributed by atoms with E-state index in [1.807, 2.05) is 0 Å². The fourth-order valence-electron chi connectivity index (χ4n) is 8.65. The SMILES string of the molecule is O=C(NC1CC[C@H]2CN(C(c3ccccc3)c3ccccc3)CC12)C(C1CCCCC1)C1CCCCC1. The molecular weight excluding hydrogens is 452 g/mol. The Bertz CT molecular complexity index is 937. The summed E-state index contributed by atoms with van der Waals surface area (Å²) >= 11 is 0. The van der Waals surface area contributed by atoms with Crippen LogP contribution in [0.25, 0.3) is 0 Å². The first-order chi connectivity index (χ1) is 18.3. The first-order valence-corrected chi connectivity index (χ1v) is 15.4. The van der Waals surface area contributed by atoms with E-state index in [9.17, 15) is 4.79 Å². The third-order valence-electron chi connectivity index (χ3n) is 10.4. The predicted octanol–water partition coefficient (Wildman–Crippen LogP) is 7.38. The second kappa shape index (κ2) is 11.7. The van der Waals surface area contributed by atoms with E-state index in [0.29, 0.717) is 41.7 Å². The van der Waals surface area contributed by atoms with Gasteiger partial charge in [-0.05, 0) is 73.3 Å². The fraction of sp³-hybridized carbons (Fsp3) is 0.618. The predicted molar refractivity (Wildman–Crippen MR) is 151 cm³/mol. The molecule has 2 unspecified atom stereocenters. The van der Waals surface area contributed by atoms with Gasteiger partial charge in [0.2, 0.25) is 5.91 Å². The summed E-state index contributed by atoms with van der Waals surface area (Å²) in [6, 6.07) is 22.7. The molecule has 1 aliphatic heterocycles. The molecule has 6 rings (SSSR count). The number of hydrogen-bond donors (Lipinski definition) is 1. The van der Waals surface area contributed by atoms with Crippen molar-refractivity contribution < 1.29 is 4.79 Å². The van der Waals surface area contributed by atoms with E-state index >= 15 is 0 Å². The molecule has 198 valence electrons. The van der Waals surface area contributed by atoms with Gasteiger partial charge in [-0.1, -0.05) is 99.2 Å². The molecule has 2 aromatic rings. The molecule has 3 saturated carbocycles. The van der Waals surface area contributed by atoms with Crippen LogP contribution < -0.4 is 5.32 Å². The van der Waals surface area contributed by atoms with Gasteiger partial charge in [0.25, 0.3) is 0 Å². The molecule has 0 aromatic heterocycles. The molecule has 1 N–H and O–H groups in total. The van der Waals surface area contributed by atoms with Crippen LogP contribution in [0.1, 0.15) is 94.2 Å². The molecule has 37 heavy (non-hydrogen) atoms. The van der Waals surface area contributed by atoms with Gasteiger partial charge in [-0.25, -0.2) is 0 Å². The third kappa shape index (κ3) is 5.53.